The van der Waals surface area contributed by atoms with Gasteiger partial charge in [0.1, 0.15) is 17.4 Å². The highest BCUT2D eigenvalue weighted by Gasteiger charge is 2.43. The third-order valence-corrected chi connectivity index (χ3v) is 6.28. The van der Waals surface area contributed by atoms with Crippen molar-refractivity contribution in [3.8, 4) is 11.8 Å². The first-order valence-corrected chi connectivity index (χ1v) is 10.6. The Morgan fingerprint density at radius 3 is 2.62 bits per heavy atom. The number of hydrogen-bond donors (Lipinski definition) is 2. The van der Waals surface area contributed by atoms with Crippen LogP contribution < -0.4 is 10.2 Å². The minimum absolute atomic E-state index is 0.0486. The summed E-state index contributed by atoms with van der Waals surface area (Å²) in [5, 5.41) is 21.5. The van der Waals surface area contributed by atoms with Crippen molar-refractivity contribution < 1.29 is 14.1 Å². The number of aromatic nitrogens is 3. The molecule has 1 saturated carbocycles. The van der Waals surface area contributed by atoms with Gasteiger partial charge < -0.3 is 10.2 Å². The predicted molar refractivity (Wildman–Crippen MR) is 108 cm³/mol. The lowest BCUT2D eigenvalue weighted by Gasteiger charge is -2.22. The summed E-state index contributed by atoms with van der Waals surface area (Å²) in [4.78, 5) is 13.6. The number of nitriles is 1. The van der Waals surface area contributed by atoms with Crippen LogP contribution >= 0.6 is 11.8 Å². The van der Waals surface area contributed by atoms with Crippen molar-refractivity contribution in [3.63, 3.8) is 0 Å². The van der Waals surface area contributed by atoms with Gasteiger partial charge in [0.15, 0.2) is 11.0 Å². The minimum Gasteiger partial charge on any atom is -0.337 e. The van der Waals surface area contributed by atoms with Gasteiger partial charge in [0, 0.05) is 5.69 Å². The lowest BCUT2D eigenvalue weighted by Crippen LogP contribution is -3.05. The van der Waals surface area contributed by atoms with E-state index in [1.807, 2.05) is 25.6 Å². The third-order valence-electron chi connectivity index (χ3n) is 5.35. The van der Waals surface area contributed by atoms with Crippen LogP contribution in [0.3, 0.4) is 0 Å². The normalized spacial score (nSPS) is 16.9. The van der Waals surface area contributed by atoms with Gasteiger partial charge >= 0.3 is 0 Å². The van der Waals surface area contributed by atoms with E-state index in [0.29, 0.717) is 5.16 Å². The Morgan fingerprint density at radius 1 is 1.41 bits per heavy atom. The summed E-state index contributed by atoms with van der Waals surface area (Å²) in [7, 11) is 4.05. The first-order valence-electron chi connectivity index (χ1n) is 9.61. The molecule has 1 aromatic heterocycles. The Morgan fingerprint density at radius 2 is 2.07 bits per heavy atom. The molecule has 29 heavy (non-hydrogen) atoms. The molecule has 0 bridgehead atoms. The number of hydrogen-bond acceptors (Lipinski definition) is 5. The average Bonchev–Trinajstić information content (AvgIpc) is 3.47. The number of carbonyl (C=O) groups excluding carboxylic acids is 1. The van der Waals surface area contributed by atoms with Gasteiger partial charge in [-0.05, 0) is 56.9 Å². The molecular weight excluding hydrogens is 391 g/mol. The molecule has 0 radical (unpaired) electrons. The van der Waals surface area contributed by atoms with Crippen LogP contribution in [0.15, 0.2) is 29.4 Å². The van der Waals surface area contributed by atoms with E-state index in [-0.39, 0.29) is 29.4 Å². The number of carbonyl (C=O) groups is 1. The van der Waals surface area contributed by atoms with Crippen LogP contribution in [-0.2, 0) is 4.79 Å². The summed E-state index contributed by atoms with van der Waals surface area (Å²) in [5.41, 5.74) is -0.0850. The van der Waals surface area contributed by atoms with Crippen molar-refractivity contribution in [1.29, 1.82) is 5.26 Å². The molecule has 1 heterocycles. The monoisotopic (exact) mass is 417 g/mol. The maximum absolute atomic E-state index is 13.4. The SMILES string of the molecule is C[C@H](c1nnc(SCC(=O)N[C@](C)(C#N)C2CC2)n1-c1ccc(F)cc1)[NH+](C)C. The molecule has 3 rings (SSSR count). The first kappa shape index (κ1) is 21.3. The summed E-state index contributed by atoms with van der Waals surface area (Å²) in [6, 6.07) is 8.40. The van der Waals surface area contributed by atoms with Gasteiger partial charge in [-0.25, -0.2) is 4.39 Å². The molecule has 1 fully saturated rings. The second-order valence-electron chi connectivity index (χ2n) is 7.88. The van der Waals surface area contributed by atoms with Crippen molar-refractivity contribution >= 4 is 17.7 Å². The average molecular weight is 418 g/mol. The zero-order chi connectivity index (χ0) is 21.2. The van der Waals surface area contributed by atoms with Crippen LogP contribution in [0.25, 0.3) is 5.69 Å². The number of quaternary nitrogens is 1. The van der Waals surface area contributed by atoms with Crippen molar-refractivity contribution in [2.75, 3.05) is 19.8 Å². The number of nitrogens with one attached hydrogen (secondary N) is 2. The molecule has 1 aliphatic carbocycles. The van der Waals surface area contributed by atoms with Crippen LogP contribution in [0, 0.1) is 23.1 Å². The van der Waals surface area contributed by atoms with Crippen molar-refractivity contribution in [3.05, 3.63) is 35.9 Å². The second-order valence-corrected chi connectivity index (χ2v) is 8.82. The van der Waals surface area contributed by atoms with Crippen molar-refractivity contribution in [1.82, 2.24) is 20.1 Å². The predicted octanol–water partition coefficient (Wildman–Crippen LogP) is 1.51. The topological polar surface area (TPSA) is 88.0 Å². The van der Waals surface area contributed by atoms with Crippen LogP contribution in [0.4, 0.5) is 4.39 Å². The second kappa shape index (κ2) is 8.51. The zero-order valence-corrected chi connectivity index (χ0v) is 17.9. The Kier molecular flexibility index (Phi) is 6.24. The highest BCUT2D eigenvalue weighted by Crippen LogP contribution is 2.39. The molecule has 0 aliphatic heterocycles. The van der Waals surface area contributed by atoms with E-state index in [2.05, 4.69) is 21.6 Å². The summed E-state index contributed by atoms with van der Waals surface area (Å²) >= 11 is 1.25. The molecule has 1 aliphatic rings. The number of nitrogens with zero attached hydrogens (tertiary/aromatic N) is 4. The largest absolute Gasteiger partial charge is 0.337 e. The molecule has 2 atom stereocenters. The quantitative estimate of drug-likeness (QED) is 0.636. The summed E-state index contributed by atoms with van der Waals surface area (Å²) < 4.78 is 15.3. The number of benzene rings is 1. The van der Waals surface area contributed by atoms with Gasteiger partial charge in [0.25, 0.3) is 0 Å². The fourth-order valence-corrected chi connectivity index (χ4v) is 3.84. The molecule has 154 valence electrons. The molecule has 2 N–H and O–H groups in total. The highest BCUT2D eigenvalue weighted by molar-refractivity contribution is 7.99. The molecule has 0 spiro atoms. The smallest absolute Gasteiger partial charge is 0.231 e. The molecule has 9 heteroatoms. The highest BCUT2D eigenvalue weighted by atomic mass is 32.2. The van der Waals surface area contributed by atoms with Crippen LogP contribution in [0.5, 0.6) is 0 Å². The van der Waals surface area contributed by atoms with Gasteiger partial charge in [-0.3, -0.25) is 9.36 Å². The van der Waals surface area contributed by atoms with E-state index in [9.17, 15) is 14.4 Å². The Hall–Kier alpha value is -2.44. The number of thioether (sulfide) groups is 1. The van der Waals surface area contributed by atoms with E-state index in [1.54, 1.807) is 19.1 Å². The van der Waals surface area contributed by atoms with E-state index < -0.39 is 5.54 Å². The Balaban J connectivity index is 1.81. The van der Waals surface area contributed by atoms with E-state index in [0.717, 1.165) is 24.4 Å². The summed E-state index contributed by atoms with van der Waals surface area (Å²) in [6.45, 7) is 3.81. The minimum atomic E-state index is -0.823. The zero-order valence-electron chi connectivity index (χ0n) is 17.1. The molecule has 7 nitrogen and oxygen atoms in total. The fourth-order valence-electron chi connectivity index (χ4n) is 3.08. The third kappa shape index (κ3) is 4.77. The maximum atomic E-state index is 13.4. The first-order chi connectivity index (χ1) is 13.7. The van der Waals surface area contributed by atoms with Gasteiger partial charge in [-0.2, -0.15) is 5.26 Å². The Labute approximate surface area is 174 Å². The maximum Gasteiger partial charge on any atom is 0.231 e. The number of rotatable bonds is 8. The lowest BCUT2D eigenvalue weighted by molar-refractivity contribution is -0.890. The summed E-state index contributed by atoms with van der Waals surface area (Å²) in [6.07, 6.45) is 1.93. The molecule has 0 unspecified atom stereocenters. The standard InChI is InChI=1S/C20H25FN6OS/c1-13(26(3)4)18-24-25-19(27(18)16-9-7-15(21)8-10-16)29-11-17(28)23-20(2,12-22)14-5-6-14/h7-10,13-14H,5-6,11H2,1-4H3,(H,23,28)/p+1/t13-,20-/m1/s1. The lowest BCUT2D eigenvalue weighted by atomic mass is 9.98. The van der Waals surface area contributed by atoms with Gasteiger partial charge in [-0.1, -0.05) is 11.8 Å². The van der Waals surface area contributed by atoms with E-state index in [4.69, 9.17) is 0 Å². The van der Waals surface area contributed by atoms with E-state index >= 15 is 0 Å². The number of halogens is 1. The molecule has 1 amide bonds. The molecule has 2 aromatic rings. The molecule has 0 saturated heterocycles. The van der Waals surface area contributed by atoms with Crippen molar-refractivity contribution in [2.24, 2.45) is 5.92 Å². The summed E-state index contributed by atoms with van der Waals surface area (Å²) in [5.74, 6) is 0.540. The number of amides is 1. The molecular formula is C20H26FN6OS+. The Bertz CT molecular complexity index is 918. The van der Waals surface area contributed by atoms with Crippen LogP contribution in [0.2, 0.25) is 0 Å². The molecule has 1 aromatic carbocycles. The van der Waals surface area contributed by atoms with Gasteiger partial charge in [0.2, 0.25) is 5.91 Å². The fraction of sp³-hybridized carbons (Fsp3) is 0.500. The van der Waals surface area contributed by atoms with E-state index in [1.165, 1.54) is 28.8 Å². The van der Waals surface area contributed by atoms with Crippen molar-refractivity contribution in [2.45, 2.75) is 43.4 Å². The van der Waals surface area contributed by atoms with Gasteiger partial charge in [-0.15, -0.1) is 10.2 Å². The van der Waals surface area contributed by atoms with Crippen LogP contribution in [0.1, 0.15) is 38.6 Å². The van der Waals surface area contributed by atoms with Crippen LogP contribution in [-0.4, -0.2) is 46.1 Å². The van der Waals surface area contributed by atoms with Gasteiger partial charge in [0.05, 0.1) is 25.9 Å².